The summed E-state index contributed by atoms with van der Waals surface area (Å²) in [6, 6.07) is 6.29. The number of hydrogen-bond donors (Lipinski definition) is 0. The Labute approximate surface area is 171 Å². The van der Waals surface area contributed by atoms with E-state index in [1.165, 1.54) is 50.9 Å². The summed E-state index contributed by atoms with van der Waals surface area (Å²) in [5.74, 6) is 0.840. The molecule has 2 heterocycles. The van der Waals surface area contributed by atoms with Gasteiger partial charge in [0.2, 0.25) is 0 Å². The molecule has 1 saturated carbocycles. The molecule has 1 saturated heterocycles. The van der Waals surface area contributed by atoms with Crippen LogP contribution < -0.4 is 0 Å². The fourth-order valence-corrected chi connectivity index (χ4v) is 4.87. The topological polar surface area (TPSA) is 37.7 Å². The normalized spacial score (nSPS) is 27.5. The minimum atomic E-state index is 0.195. The minimum Gasteiger partial charge on any atom is -0.395 e. The summed E-state index contributed by atoms with van der Waals surface area (Å²) in [5, 5.41) is 4.51. The van der Waals surface area contributed by atoms with Crippen molar-refractivity contribution >= 4 is 5.71 Å². The van der Waals surface area contributed by atoms with Gasteiger partial charge in [-0.2, -0.15) is 0 Å². The number of aromatic nitrogens is 1. The number of rotatable bonds is 9. The highest BCUT2D eigenvalue weighted by molar-refractivity contribution is 5.84. The molecule has 1 aromatic rings. The van der Waals surface area contributed by atoms with E-state index in [1.54, 1.807) is 0 Å². The molecule has 4 nitrogen and oxygen atoms in total. The predicted molar refractivity (Wildman–Crippen MR) is 117 cm³/mol. The molecule has 28 heavy (non-hydrogen) atoms. The largest absolute Gasteiger partial charge is 0.395 e. The molecule has 1 aromatic heterocycles. The van der Waals surface area contributed by atoms with Gasteiger partial charge < -0.3 is 9.74 Å². The molecule has 0 bridgehead atoms. The van der Waals surface area contributed by atoms with E-state index in [4.69, 9.17) is 4.84 Å². The Balaban J connectivity index is 1.51. The lowest BCUT2D eigenvalue weighted by atomic mass is 9.78. The third-order valence-electron chi connectivity index (χ3n) is 6.86. The minimum absolute atomic E-state index is 0.195. The van der Waals surface area contributed by atoms with E-state index in [0.717, 1.165) is 25.1 Å². The Bertz CT molecular complexity index is 639. The SMILES string of the molecule is C=CC(CO/N=C(\C)C1CCC(CC)(c2ccccn2)C1)CN1CCCCC1. The zero-order valence-corrected chi connectivity index (χ0v) is 17.8. The molecular weight excluding hydrogens is 346 g/mol. The molecule has 0 spiro atoms. The van der Waals surface area contributed by atoms with Crippen LogP contribution in [0, 0.1) is 11.8 Å². The van der Waals surface area contributed by atoms with Gasteiger partial charge >= 0.3 is 0 Å². The highest BCUT2D eigenvalue weighted by Gasteiger charge is 2.41. The standard InChI is InChI=1S/C24H37N3O/c1-4-21(18-27-15-9-6-10-16-27)19-28-26-20(3)22-12-13-24(5-2,17-22)23-11-7-8-14-25-23/h4,7-8,11,14,21-22H,1,5-6,9-10,12-13,15-19H2,2-3H3/b26-20+. The maximum Gasteiger partial charge on any atom is 0.124 e. The van der Waals surface area contributed by atoms with Gasteiger partial charge in [-0.25, -0.2) is 0 Å². The molecule has 3 unspecified atom stereocenters. The van der Waals surface area contributed by atoms with Crippen molar-refractivity contribution in [2.24, 2.45) is 17.0 Å². The second-order valence-electron chi connectivity index (χ2n) is 8.67. The molecule has 0 aromatic carbocycles. The molecule has 1 aliphatic heterocycles. The summed E-state index contributed by atoms with van der Waals surface area (Å²) in [7, 11) is 0. The molecule has 3 rings (SSSR count). The van der Waals surface area contributed by atoms with Crippen molar-refractivity contribution in [2.75, 3.05) is 26.2 Å². The number of pyridine rings is 1. The van der Waals surface area contributed by atoms with Crippen molar-refractivity contribution in [1.29, 1.82) is 0 Å². The van der Waals surface area contributed by atoms with E-state index in [2.05, 4.69) is 47.6 Å². The van der Waals surface area contributed by atoms with Gasteiger partial charge in [0.1, 0.15) is 6.61 Å². The van der Waals surface area contributed by atoms with Gasteiger partial charge in [0.15, 0.2) is 0 Å². The molecule has 154 valence electrons. The van der Waals surface area contributed by atoms with Crippen LogP contribution in [0.1, 0.15) is 64.5 Å². The third kappa shape index (κ3) is 5.22. The zero-order chi connectivity index (χ0) is 19.8. The zero-order valence-electron chi connectivity index (χ0n) is 17.8. The Morgan fingerprint density at radius 3 is 2.89 bits per heavy atom. The van der Waals surface area contributed by atoms with Crippen LogP contribution >= 0.6 is 0 Å². The van der Waals surface area contributed by atoms with Crippen molar-refractivity contribution in [3.05, 3.63) is 42.7 Å². The maximum atomic E-state index is 5.78. The Morgan fingerprint density at radius 2 is 2.21 bits per heavy atom. The lowest BCUT2D eigenvalue weighted by molar-refractivity contribution is 0.0973. The third-order valence-corrected chi connectivity index (χ3v) is 6.86. The molecule has 4 heteroatoms. The van der Waals surface area contributed by atoms with Gasteiger partial charge in [0, 0.05) is 35.7 Å². The smallest absolute Gasteiger partial charge is 0.124 e. The number of oxime groups is 1. The molecule has 2 aliphatic rings. The summed E-state index contributed by atoms with van der Waals surface area (Å²) < 4.78 is 0. The molecular formula is C24H37N3O. The Morgan fingerprint density at radius 1 is 1.39 bits per heavy atom. The van der Waals surface area contributed by atoms with Crippen LogP contribution in [0.5, 0.6) is 0 Å². The maximum absolute atomic E-state index is 5.78. The van der Waals surface area contributed by atoms with Crippen LogP contribution in [0.3, 0.4) is 0 Å². The summed E-state index contributed by atoms with van der Waals surface area (Å²) in [4.78, 5) is 13.0. The van der Waals surface area contributed by atoms with Crippen molar-refractivity contribution in [1.82, 2.24) is 9.88 Å². The quantitative estimate of drug-likeness (QED) is 0.334. The van der Waals surface area contributed by atoms with E-state index >= 15 is 0 Å². The lowest BCUT2D eigenvalue weighted by Gasteiger charge is -2.29. The first-order valence-corrected chi connectivity index (χ1v) is 11.1. The summed E-state index contributed by atoms with van der Waals surface area (Å²) >= 11 is 0. The van der Waals surface area contributed by atoms with E-state index in [9.17, 15) is 0 Å². The van der Waals surface area contributed by atoms with Crippen LogP contribution in [0.4, 0.5) is 0 Å². The highest BCUT2D eigenvalue weighted by atomic mass is 16.6. The van der Waals surface area contributed by atoms with Gasteiger partial charge in [-0.15, -0.1) is 6.58 Å². The van der Waals surface area contributed by atoms with Crippen molar-refractivity contribution < 1.29 is 4.84 Å². The van der Waals surface area contributed by atoms with Crippen LogP contribution in [-0.2, 0) is 10.3 Å². The average molecular weight is 384 g/mol. The van der Waals surface area contributed by atoms with Gasteiger partial charge in [0.25, 0.3) is 0 Å². The second kappa shape index (κ2) is 10.2. The Hall–Kier alpha value is -1.68. The van der Waals surface area contributed by atoms with Crippen LogP contribution in [0.25, 0.3) is 0 Å². The number of likely N-dealkylation sites (tertiary alicyclic amines) is 1. The predicted octanol–water partition coefficient (Wildman–Crippen LogP) is 5.21. The number of nitrogens with zero attached hydrogens (tertiary/aromatic N) is 3. The first-order chi connectivity index (χ1) is 13.7. The van der Waals surface area contributed by atoms with Gasteiger partial charge in [-0.05, 0) is 70.7 Å². The van der Waals surface area contributed by atoms with Crippen LogP contribution in [-0.4, -0.2) is 41.8 Å². The first-order valence-electron chi connectivity index (χ1n) is 11.1. The lowest BCUT2D eigenvalue weighted by Crippen LogP contribution is -2.34. The molecule has 2 fully saturated rings. The number of hydrogen-bond acceptors (Lipinski definition) is 4. The second-order valence-corrected chi connectivity index (χ2v) is 8.67. The number of piperidine rings is 1. The highest BCUT2D eigenvalue weighted by Crippen LogP contribution is 2.46. The van der Waals surface area contributed by atoms with E-state index < -0.39 is 0 Å². The average Bonchev–Trinajstić information content (AvgIpc) is 3.20. The molecule has 0 N–H and O–H groups in total. The van der Waals surface area contributed by atoms with Crippen molar-refractivity contribution in [2.45, 2.75) is 64.2 Å². The van der Waals surface area contributed by atoms with Crippen molar-refractivity contribution in [3.63, 3.8) is 0 Å². The fourth-order valence-electron chi connectivity index (χ4n) is 4.87. The summed E-state index contributed by atoms with van der Waals surface area (Å²) in [5.41, 5.74) is 2.56. The van der Waals surface area contributed by atoms with Crippen molar-refractivity contribution in [3.8, 4) is 0 Å². The van der Waals surface area contributed by atoms with Crippen LogP contribution in [0.2, 0.25) is 0 Å². The van der Waals surface area contributed by atoms with Gasteiger partial charge in [-0.3, -0.25) is 4.98 Å². The molecule has 3 atom stereocenters. The monoisotopic (exact) mass is 383 g/mol. The van der Waals surface area contributed by atoms with Gasteiger partial charge in [0.05, 0.1) is 5.71 Å². The van der Waals surface area contributed by atoms with E-state index in [1.807, 2.05) is 18.3 Å². The summed E-state index contributed by atoms with van der Waals surface area (Å²) in [6.45, 7) is 12.5. The fraction of sp³-hybridized carbons (Fsp3) is 0.667. The van der Waals surface area contributed by atoms with E-state index in [0.29, 0.717) is 18.4 Å². The van der Waals surface area contributed by atoms with E-state index in [-0.39, 0.29) is 5.41 Å². The van der Waals surface area contributed by atoms with Gasteiger partial charge in [-0.1, -0.05) is 30.6 Å². The molecule has 0 radical (unpaired) electrons. The van der Waals surface area contributed by atoms with Crippen LogP contribution in [0.15, 0.2) is 42.2 Å². The molecule has 1 aliphatic carbocycles. The first kappa shape index (κ1) is 21.0. The molecule has 0 amide bonds. The summed E-state index contributed by atoms with van der Waals surface area (Å²) in [6.07, 6.45) is 12.6. The Kier molecular flexibility index (Phi) is 7.66.